The average molecular weight is 334 g/mol. The molecule has 16 heavy (non-hydrogen) atoms. The minimum Gasteiger partial charge on any atom is -0.496 e. The fourth-order valence-electron chi connectivity index (χ4n) is 1.48. The molecule has 88 valence electrons. The smallest absolute Gasteiger partial charge is 0.313 e. The Morgan fingerprint density at radius 3 is 2.62 bits per heavy atom. The number of carboxylic acid groups (broad SMARTS) is 1. The van der Waals surface area contributed by atoms with Crippen LogP contribution in [0.5, 0.6) is 5.75 Å². The predicted molar refractivity (Wildman–Crippen MR) is 71.0 cm³/mol. The van der Waals surface area contributed by atoms with Gasteiger partial charge in [-0.1, -0.05) is 13.0 Å². The van der Waals surface area contributed by atoms with Gasteiger partial charge in [0, 0.05) is 0 Å². The van der Waals surface area contributed by atoms with Gasteiger partial charge in [-0.2, -0.15) is 0 Å². The van der Waals surface area contributed by atoms with E-state index >= 15 is 0 Å². The Bertz CT molecular complexity index is 403. The van der Waals surface area contributed by atoms with Gasteiger partial charge in [0.15, 0.2) is 0 Å². The lowest BCUT2D eigenvalue weighted by atomic mass is 9.80. The van der Waals surface area contributed by atoms with Crippen LogP contribution in [0.1, 0.15) is 25.8 Å². The van der Waals surface area contributed by atoms with Crippen molar-refractivity contribution in [3.05, 3.63) is 27.3 Å². The van der Waals surface area contributed by atoms with Gasteiger partial charge < -0.3 is 9.84 Å². The van der Waals surface area contributed by atoms with E-state index in [0.717, 1.165) is 14.9 Å². The van der Waals surface area contributed by atoms with Gasteiger partial charge in [-0.15, -0.1) is 0 Å². The van der Waals surface area contributed by atoms with Crippen molar-refractivity contribution in [3.8, 4) is 5.75 Å². The summed E-state index contributed by atoms with van der Waals surface area (Å²) in [6.45, 7) is 3.61. The van der Waals surface area contributed by atoms with E-state index in [2.05, 4.69) is 22.6 Å². The summed E-state index contributed by atoms with van der Waals surface area (Å²) in [6.07, 6.45) is 0.548. The summed E-state index contributed by atoms with van der Waals surface area (Å²) < 4.78 is 6.18. The molecule has 1 rings (SSSR count). The van der Waals surface area contributed by atoms with Gasteiger partial charge in [0.1, 0.15) is 5.75 Å². The Balaban J connectivity index is 3.27. The third-order valence-corrected chi connectivity index (χ3v) is 3.86. The minimum atomic E-state index is -0.850. The number of rotatable bonds is 4. The molecular formula is C12H15IO3. The average Bonchev–Trinajstić information content (AvgIpc) is 2.28. The van der Waals surface area contributed by atoms with Crippen LogP contribution in [0.3, 0.4) is 0 Å². The van der Waals surface area contributed by atoms with Gasteiger partial charge in [0.05, 0.1) is 16.1 Å². The summed E-state index contributed by atoms with van der Waals surface area (Å²) in [5, 5.41) is 9.28. The van der Waals surface area contributed by atoms with Crippen LogP contribution in [0.15, 0.2) is 18.2 Å². The molecule has 1 unspecified atom stereocenters. The van der Waals surface area contributed by atoms with Crippen LogP contribution in [0.2, 0.25) is 0 Å². The number of benzene rings is 1. The molecule has 0 saturated heterocycles. The number of halogens is 1. The fourth-order valence-corrected chi connectivity index (χ4v) is 2.04. The van der Waals surface area contributed by atoms with Crippen molar-refractivity contribution in [3.63, 3.8) is 0 Å². The summed E-state index contributed by atoms with van der Waals surface area (Å²) in [4.78, 5) is 11.3. The molecule has 0 aliphatic rings. The SMILES string of the molecule is CCC(C)(C(=O)O)c1ccc(I)c(OC)c1. The Labute approximate surface area is 109 Å². The van der Waals surface area contributed by atoms with Gasteiger partial charge >= 0.3 is 5.97 Å². The van der Waals surface area contributed by atoms with Crippen LogP contribution in [-0.4, -0.2) is 18.2 Å². The Kier molecular flexibility index (Phi) is 4.18. The fraction of sp³-hybridized carbons (Fsp3) is 0.417. The molecule has 0 amide bonds. The molecule has 1 aromatic carbocycles. The molecule has 0 fully saturated rings. The van der Waals surface area contributed by atoms with Gasteiger partial charge in [-0.05, 0) is 53.6 Å². The quantitative estimate of drug-likeness (QED) is 0.861. The lowest BCUT2D eigenvalue weighted by Gasteiger charge is -2.24. The van der Waals surface area contributed by atoms with Gasteiger partial charge in [0.25, 0.3) is 0 Å². The standard InChI is InChI=1S/C12H15IO3/c1-4-12(2,11(14)15)8-5-6-9(13)10(7-8)16-3/h5-7H,4H2,1-3H3,(H,14,15). The Morgan fingerprint density at radius 1 is 1.56 bits per heavy atom. The maximum absolute atomic E-state index is 11.3. The molecule has 0 aliphatic carbocycles. The summed E-state index contributed by atoms with van der Waals surface area (Å²) in [7, 11) is 1.59. The van der Waals surface area contributed by atoms with Crippen LogP contribution < -0.4 is 4.74 Å². The van der Waals surface area contributed by atoms with Crippen LogP contribution in [0.4, 0.5) is 0 Å². The Morgan fingerprint density at radius 2 is 2.19 bits per heavy atom. The van der Waals surface area contributed by atoms with E-state index in [1.165, 1.54) is 0 Å². The summed E-state index contributed by atoms with van der Waals surface area (Å²) in [6, 6.07) is 5.53. The van der Waals surface area contributed by atoms with Crippen LogP contribution in [-0.2, 0) is 10.2 Å². The van der Waals surface area contributed by atoms with E-state index in [1.54, 1.807) is 20.1 Å². The van der Waals surface area contributed by atoms with E-state index in [1.807, 2.05) is 19.1 Å². The number of ether oxygens (including phenoxy) is 1. The summed E-state index contributed by atoms with van der Waals surface area (Å²) in [5.41, 5.74) is -0.0720. The number of aliphatic carboxylic acids is 1. The van der Waals surface area contributed by atoms with Crippen molar-refractivity contribution in [1.82, 2.24) is 0 Å². The van der Waals surface area contributed by atoms with Crippen molar-refractivity contribution in [2.24, 2.45) is 0 Å². The maximum atomic E-state index is 11.3. The highest BCUT2D eigenvalue weighted by molar-refractivity contribution is 14.1. The number of hydrogen-bond acceptors (Lipinski definition) is 2. The van der Waals surface area contributed by atoms with Crippen molar-refractivity contribution in [2.75, 3.05) is 7.11 Å². The monoisotopic (exact) mass is 334 g/mol. The second kappa shape index (κ2) is 5.03. The largest absolute Gasteiger partial charge is 0.496 e. The minimum absolute atomic E-state index is 0.548. The van der Waals surface area contributed by atoms with Crippen LogP contribution in [0.25, 0.3) is 0 Å². The molecule has 1 aromatic rings. The van der Waals surface area contributed by atoms with E-state index in [9.17, 15) is 9.90 Å². The van der Waals surface area contributed by atoms with Crippen LogP contribution in [0, 0.1) is 3.57 Å². The first kappa shape index (κ1) is 13.3. The molecule has 0 radical (unpaired) electrons. The van der Waals surface area contributed by atoms with Crippen molar-refractivity contribution < 1.29 is 14.6 Å². The topological polar surface area (TPSA) is 46.5 Å². The lowest BCUT2D eigenvalue weighted by Crippen LogP contribution is -2.31. The molecule has 1 atom stereocenters. The van der Waals surface area contributed by atoms with Crippen LogP contribution >= 0.6 is 22.6 Å². The zero-order valence-corrected chi connectivity index (χ0v) is 11.7. The molecule has 0 spiro atoms. The Hall–Kier alpha value is -0.780. The maximum Gasteiger partial charge on any atom is 0.313 e. The van der Waals surface area contributed by atoms with Gasteiger partial charge in [-0.3, -0.25) is 4.79 Å². The van der Waals surface area contributed by atoms with Crippen molar-refractivity contribution in [2.45, 2.75) is 25.7 Å². The molecule has 0 aromatic heterocycles. The van der Waals surface area contributed by atoms with E-state index in [-0.39, 0.29) is 0 Å². The molecule has 1 N–H and O–H groups in total. The second-order valence-corrected chi connectivity index (χ2v) is 5.00. The van der Waals surface area contributed by atoms with Gasteiger partial charge in [0.2, 0.25) is 0 Å². The van der Waals surface area contributed by atoms with Crippen molar-refractivity contribution >= 4 is 28.6 Å². The zero-order valence-electron chi connectivity index (χ0n) is 9.58. The first-order valence-corrected chi connectivity index (χ1v) is 6.11. The highest BCUT2D eigenvalue weighted by Crippen LogP contribution is 2.32. The normalized spacial score (nSPS) is 14.2. The van der Waals surface area contributed by atoms with Gasteiger partial charge in [-0.25, -0.2) is 0 Å². The first-order chi connectivity index (χ1) is 7.45. The number of carbonyl (C=O) groups is 1. The highest BCUT2D eigenvalue weighted by Gasteiger charge is 2.33. The predicted octanol–water partition coefficient (Wildman–Crippen LogP) is 3.05. The summed E-state index contributed by atoms with van der Waals surface area (Å²) in [5.74, 6) is -0.0858. The first-order valence-electron chi connectivity index (χ1n) is 5.03. The number of hydrogen-bond donors (Lipinski definition) is 1. The molecular weight excluding hydrogens is 319 g/mol. The van der Waals surface area contributed by atoms with Crippen molar-refractivity contribution in [1.29, 1.82) is 0 Å². The van der Waals surface area contributed by atoms with E-state index in [0.29, 0.717) is 6.42 Å². The zero-order chi connectivity index (χ0) is 12.3. The third-order valence-electron chi connectivity index (χ3n) is 2.97. The molecule has 4 heteroatoms. The van der Waals surface area contributed by atoms with E-state index < -0.39 is 11.4 Å². The highest BCUT2D eigenvalue weighted by atomic mass is 127. The molecule has 0 saturated carbocycles. The number of methoxy groups -OCH3 is 1. The summed E-state index contributed by atoms with van der Waals surface area (Å²) >= 11 is 2.16. The second-order valence-electron chi connectivity index (χ2n) is 3.84. The lowest BCUT2D eigenvalue weighted by molar-refractivity contribution is -0.143. The third kappa shape index (κ3) is 2.31. The number of carboxylic acids is 1. The molecule has 0 heterocycles. The molecule has 0 bridgehead atoms. The molecule has 0 aliphatic heterocycles. The molecule has 3 nitrogen and oxygen atoms in total. The van der Waals surface area contributed by atoms with E-state index in [4.69, 9.17) is 4.74 Å².